The van der Waals surface area contributed by atoms with Crippen molar-refractivity contribution in [2.75, 3.05) is 31.5 Å². The van der Waals surface area contributed by atoms with Crippen molar-refractivity contribution in [3.05, 3.63) is 105 Å². The number of hydrogen-bond donors (Lipinski definition) is 2. The van der Waals surface area contributed by atoms with Gasteiger partial charge in [-0.15, -0.1) is 0 Å². The van der Waals surface area contributed by atoms with Gasteiger partial charge in [-0.25, -0.2) is 23.7 Å². The Bertz CT molecular complexity index is 2150. The van der Waals surface area contributed by atoms with Crippen molar-refractivity contribution in [2.45, 2.75) is 72.1 Å². The molecule has 1 fully saturated rings. The van der Waals surface area contributed by atoms with E-state index in [4.69, 9.17) is 16.6 Å². The van der Waals surface area contributed by atoms with Gasteiger partial charge in [-0.05, 0) is 91.2 Å². The number of nitrogens with one attached hydrogen (secondary N) is 1. The number of benzene rings is 2. The molecule has 0 saturated carbocycles. The number of carbonyl (C=O) groups excluding carboxylic acids is 1. The number of fused-ring (bicyclic) bond motifs is 2. The Kier molecular flexibility index (Phi) is 10.6. The Balaban J connectivity index is 1.15. The molecule has 12 heteroatoms. The number of hydrogen-bond acceptors (Lipinski definition) is 9. The Labute approximate surface area is 307 Å². The Morgan fingerprint density at radius 2 is 1.87 bits per heavy atom. The van der Waals surface area contributed by atoms with Crippen molar-refractivity contribution >= 4 is 39.9 Å². The van der Waals surface area contributed by atoms with Gasteiger partial charge < -0.3 is 10.4 Å². The lowest BCUT2D eigenvalue weighted by atomic mass is 9.94. The molecular formula is C40H42ClF2N7O2. The molecule has 2 aliphatic heterocycles. The van der Waals surface area contributed by atoms with Gasteiger partial charge in [0.05, 0.1) is 22.3 Å². The van der Waals surface area contributed by atoms with Gasteiger partial charge in [0.1, 0.15) is 11.2 Å². The number of alkyl halides is 2. The molecule has 1 unspecified atom stereocenters. The molecule has 1 saturated heterocycles. The minimum Gasteiger partial charge on any atom is -0.392 e. The number of halogens is 3. The predicted molar refractivity (Wildman–Crippen MR) is 199 cm³/mol. The third-order valence-corrected chi connectivity index (χ3v) is 10.5. The fourth-order valence-corrected chi connectivity index (χ4v) is 7.68. The number of likely N-dealkylation sites (tertiary alicyclic amines) is 1. The number of ketones is 1. The summed E-state index contributed by atoms with van der Waals surface area (Å²) in [5.74, 6) is -0.523. The van der Waals surface area contributed by atoms with Crippen molar-refractivity contribution in [2.24, 2.45) is 0 Å². The zero-order chi connectivity index (χ0) is 36.5. The highest BCUT2D eigenvalue weighted by atomic mass is 35.5. The van der Waals surface area contributed by atoms with Gasteiger partial charge in [0.2, 0.25) is 0 Å². The number of carbonyl (C=O) groups is 1. The monoisotopic (exact) mass is 725 g/mol. The molecule has 0 amide bonds. The van der Waals surface area contributed by atoms with Crippen molar-refractivity contribution in [1.29, 1.82) is 0 Å². The molecule has 9 nitrogen and oxygen atoms in total. The zero-order valence-corrected chi connectivity index (χ0v) is 30.4. The van der Waals surface area contributed by atoms with Crippen LogP contribution in [0.3, 0.4) is 0 Å². The molecule has 0 bridgehead atoms. The van der Waals surface area contributed by atoms with Gasteiger partial charge in [0, 0.05) is 56.6 Å². The molecule has 2 aromatic carbocycles. The van der Waals surface area contributed by atoms with Crippen LogP contribution in [0.1, 0.15) is 76.0 Å². The molecule has 5 aromatic rings. The number of rotatable bonds is 11. The fourth-order valence-electron chi connectivity index (χ4n) is 7.39. The van der Waals surface area contributed by atoms with E-state index < -0.39 is 12.2 Å². The summed E-state index contributed by atoms with van der Waals surface area (Å²) in [6, 6.07) is 14.9. The molecule has 7 rings (SSSR count). The van der Waals surface area contributed by atoms with Crippen LogP contribution in [0.25, 0.3) is 22.2 Å². The van der Waals surface area contributed by atoms with Crippen LogP contribution >= 0.6 is 11.6 Å². The molecule has 2 aliphatic rings. The predicted octanol–water partition coefficient (Wildman–Crippen LogP) is 7.80. The maximum Gasteiger partial charge on any atom is 0.297 e. The quantitative estimate of drug-likeness (QED) is 0.132. The molecule has 270 valence electrons. The third-order valence-electron chi connectivity index (χ3n) is 10.1. The first-order chi connectivity index (χ1) is 25.1. The van der Waals surface area contributed by atoms with Gasteiger partial charge in [0.25, 0.3) is 6.43 Å². The van der Waals surface area contributed by atoms with Crippen LogP contribution in [0.4, 0.5) is 20.3 Å². The van der Waals surface area contributed by atoms with Crippen molar-refractivity contribution in [3.8, 4) is 11.1 Å². The summed E-state index contributed by atoms with van der Waals surface area (Å²) >= 11 is 7.05. The molecule has 3 aromatic heterocycles. The summed E-state index contributed by atoms with van der Waals surface area (Å²) in [6.07, 6.45) is 1.26. The molecule has 0 spiro atoms. The Morgan fingerprint density at radius 1 is 1.06 bits per heavy atom. The topological polar surface area (TPSA) is 107 Å². The Morgan fingerprint density at radius 3 is 2.63 bits per heavy atom. The number of pyridine rings is 2. The van der Waals surface area contributed by atoms with Crippen LogP contribution in [-0.4, -0.2) is 72.9 Å². The number of aryl methyl sites for hydroxylation is 1. The van der Waals surface area contributed by atoms with Gasteiger partial charge >= 0.3 is 0 Å². The molecule has 0 aliphatic carbocycles. The van der Waals surface area contributed by atoms with E-state index in [2.05, 4.69) is 43.9 Å². The highest BCUT2D eigenvalue weighted by Gasteiger charge is 2.24. The lowest BCUT2D eigenvalue weighted by Gasteiger charge is -2.29. The Hall–Kier alpha value is -4.42. The lowest BCUT2D eigenvalue weighted by Crippen LogP contribution is -2.32. The van der Waals surface area contributed by atoms with Crippen LogP contribution < -0.4 is 5.32 Å². The molecule has 52 heavy (non-hydrogen) atoms. The highest BCUT2D eigenvalue weighted by molar-refractivity contribution is 6.34. The average Bonchev–Trinajstić information content (AvgIpc) is 3.53. The average molecular weight is 726 g/mol. The van der Waals surface area contributed by atoms with E-state index in [9.17, 15) is 18.7 Å². The van der Waals surface area contributed by atoms with E-state index in [-0.39, 0.29) is 24.1 Å². The lowest BCUT2D eigenvalue weighted by molar-refractivity contribution is 0.0987. The van der Waals surface area contributed by atoms with Crippen molar-refractivity contribution in [3.63, 3.8) is 0 Å². The second-order valence-corrected chi connectivity index (χ2v) is 14.3. The third kappa shape index (κ3) is 7.54. The fraction of sp³-hybridized carbons (Fsp3) is 0.375. The van der Waals surface area contributed by atoms with E-state index in [0.717, 1.165) is 72.5 Å². The second kappa shape index (κ2) is 15.3. The first-order valence-corrected chi connectivity index (χ1v) is 18.2. The van der Waals surface area contributed by atoms with Gasteiger partial charge in [0.15, 0.2) is 17.4 Å². The first kappa shape index (κ1) is 36.0. The van der Waals surface area contributed by atoms with Crippen LogP contribution in [-0.2, 0) is 25.9 Å². The largest absolute Gasteiger partial charge is 0.392 e. The number of aliphatic hydroxyl groups is 1. The van der Waals surface area contributed by atoms with E-state index in [1.54, 1.807) is 12.3 Å². The smallest absolute Gasteiger partial charge is 0.297 e. The number of aromatic nitrogens is 4. The SMILES string of the molecule is CCCN1CCc2c(C)cc(C(=O)Cc3cccc(-c4cccc(Nc5nc(C(F)F)nc6cc(CN7CCC(O)C7)cnc56)c4C)c3Cl)nc2C1. The van der Waals surface area contributed by atoms with Crippen LogP contribution in [0.5, 0.6) is 0 Å². The number of nitrogens with zero attached hydrogens (tertiary/aromatic N) is 6. The highest BCUT2D eigenvalue weighted by Crippen LogP contribution is 2.37. The van der Waals surface area contributed by atoms with E-state index >= 15 is 0 Å². The molecule has 2 N–H and O–H groups in total. The van der Waals surface area contributed by atoms with Crippen LogP contribution in [0.15, 0.2) is 54.7 Å². The summed E-state index contributed by atoms with van der Waals surface area (Å²) in [6.45, 7) is 10.7. The van der Waals surface area contributed by atoms with Gasteiger partial charge in [-0.3, -0.25) is 19.6 Å². The first-order valence-electron chi connectivity index (χ1n) is 17.8. The van der Waals surface area contributed by atoms with Crippen molar-refractivity contribution in [1.82, 2.24) is 29.7 Å². The standard InChI is InChI=1S/C40H42ClF2N7O2/c1-4-13-49-15-12-28-23(2)16-32(45-34(28)22-49)35(52)18-26-7-5-9-30(36(26)41)29-8-6-10-31(24(29)3)46-39-37-33(47-40(48-39)38(42)43)17-25(19-44-37)20-50-14-11-27(51)21-50/h5-10,16-17,19,27,38,51H,4,11-15,18,20-22H2,1-3H3,(H,46,47,48). The molecular weight excluding hydrogens is 684 g/mol. The van der Waals surface area contributed by atoms with Gasteiger partial charge in [-0.1, -0.05) is 48.9 Å². The second-order valence-electron chi connectivity index (χ2n) is 13.9. The maximum atomic E-state index is 14.0. The molecule has 0 radical (unpaired) electrons. The van der Waals surface area contributed by atoms with E-state index in [1.165, 1.54) is 5.56 Å². The minimum atomic E-state index is -2.88. The van der Waals surface area contributed by atoms with E-state index in [0.29, 0.717) is 52.5 Å². The molecule has 5 heterocycles. The van der Waals surface area contributed by atoms with Crippen LogP contribution in [0, 0.1) is 13.8 Å². The van der Waals surface area contributed by atoms with Gasteiger partial charge in [-0.2, -0.15) is 0 Å². The van der Waals surface area contributed by atoms with E-state index in [1.807, 2.05) is 49.4 Å². The summed E-state index contributed by atoms with van der Waals surface area (Å²) in [7, 11) is 0. The summed E-state index contributed by atoms with van der Waals surface area (Å²) < 4.78 is 28.0. The number of β-amino-alcohol motifs (C(OH)–C–C–N with tert-alkyl or cyclic N) is 1. The number of aliphatic hydroxyl groups excluding tert-OH is 1. The minimum absolute atomic E-state index is 0.0937. The number of Topliss-reactive ketones (excluding diaryl/α,β-unsaturated/α-hetero) is 1. The van der Waals surface area contributed by atoms with Crippen LogP contribution in [0.2, 0.25) is 5.02 Å². The number of anilines is 2. The summed E-state index contributed by atoms with van der Waals surface area (Å²) in [5.41, 5.74) is 8.96. The molecule has 1 atom stereocenters. The maximum absolute atomic E-state index is 14.0. The zero-order valence-electron chi connectivity index (χ0n) is 29.6. The van der Waals surface area contributed by atoms with Crippen molar-refractivity contribution < 1.29 is 18.7 Å². The summed E-state index contributed by atoms with van der Waals surface area (Å²) in [5, 5.41) is 13.6. The normalized spacial score (nSPS) is 16.5. The summed E-state index contributed by atoms with van der Waals surface area (Å²) in [4.78, 5) is 35.9.